The van der Waals surface area contributed by atoms with Crippen LogP contribution in [0.3, 0.4) is 0 Å². The molecule has 0 aliphatic carbocycles. The zero-order chi connectivity index (χ0) is 19.2. The normalized spacial score (nSPS) is 10.3. The topological polar surface area (TPSA) is 54.6 Å². The van der Waals surface area contributed by atoms with Crippen molar-refractivity contribution in [2.24, 2.45) is 5.10 Å². The molecule has 4 nitrogen and oxygen atoms in total. The third-order valence-electron chi connectivity index (χ3n) is 4.22. The molecule has 0 unspecified atom stereocenters. The van der Waals surface area contributed by atoms with Crippen LogP contribution in [0, 0.1) is 0 Å². The van der Waals surface area contributed by atoms with Gasteiger partial charge >= 0.3 is 0 Å². The van der Waals surface area contributed by atoms with E-state index in [9.17, 15) is 4.79 Å². The van der Waals surface area contributed by atoms with Crippen molar-refractivity contribution in [1.29, 1.82) is 0 Å². The fourth-order valence-electron chi connectivity index (χ4n) is 2.81. The number of carbonyl (C=O) groups is 1. The highest BCUT2D eigenvalue weighted by atomic mass is 16.3. The third kappa shape index (κ3) is 4.07. The molecule has 3 aromatic carbocycles. The molecule has 0 fully saturated rings. The van der Waals surface area contributed by atoms with E-state index in [4.69, 9.17) is 4.42 Å². The zero-order valence-electron chi connectivity index (χ0n) is 15.1. The minimum atomic E-state index is -0.260. The Labute approximate surface area is 162 Å². The van der Waals surface area contributed by atoms with Gasteiger partial charge in [0.2, 0.25) is 0 Å². The number of rotatable bonds is 4. The smallest absolute Gasteiger partial charge is 0.271 e. The van der Waals surface area contributed by atoms with E-state index in [1.165, 1.54) is 0 Å². The summed E-state index contributed by atoms with van der Waals surface area (Å²) in [5.41, 5.74) is 5.04. The molecule has 0 aliphatic heterocycles. The summed E-state index contributed by atoms with van der Waals surface area (Å²) in [5.74, 6) is 1.09. The number of nitrogens with zero attached hydrogens (tertiary/aromatic N) is 1. The predicted octanol–water partition coefficient (Wildman–Crippen LogP) is 4.86. The summed E-state index contributed by atoms with van der Waals surface area (Å²) >= 11 is 0. The van der Waals surface area contributed by atoms with Crippen LogP contribution in [0.1, 0.15) is 10.4 Å². The summed E-state index contributed by atoms with van der Waals surface area (Å²) in [6.45, 7) is 0. The van der Waals surface area contributed by atoms with Crippen molar-refractivity contribution in [3.8, 4) is 22.6 Å². The maximum atomic E-state index is 12.3. The van der Waals surface area contributed by atoms with Gasteiger partial charge in [-0.15, -0.1) is 0 Å². The second kappa shape index (κ2) is 8.18. The van der Waals surface area contributed by atoms with Gasteiger partial charge in [-0.25, -0.2) is 5.43 Å². The van der Waals surface area contributed by atoms with Crippen LogP contribution >= 0.6 is 0 Å². The highest BCUT2D eigenvalue weighted by molar-refractivity contribution is 5.93. The molecule has 28 heavy (non-hydrogen) atoms. The first-order chi connectivity index (χ1) is 13.8. The highest BCUT2D eigenvalue weighted by Crippen LogP contribution is 2.24. The zero-order valence-corrected chi connectivity index (χ0v) is 15.1. The monoisotopic (exact) mass is 366 g/mol. The molecule has 4 heteroatoms. The van der Waals surface area contributed by atoms with Gasteiger partial charge in [-0.05, 0) is 12.1 Å². The van der Waals surface area contributed by atoms with Crippen LogP contribution in [0.15, 0.2) is 113 Å². The number of amides is 1. The van der Waals surface area contributed by atoms with Crippen LogP contribution < -0.4 is 10.8 Å². The lowest BCUT2D eigenvalue weighted by Gasteiger charge is -2.06. The van der Waals surface area contributed by atoms with Crippen LogP contribution in [0.25, 0.3) is 22.6 Å². The van der Waals surface area contributed by atoms with E-state index < -0.39 is 0 Å². The van der Waals surface area contributed by atoms with Gasteiger partial charge in [0, 0.05) is 28.8 Å². The van der Waals surface area contributed by atoms with Crippen LogP contribution in [-0.2, 0) is 0 Å². The van der Waals surface area contributed by atoms with Crippen LogP contribution in [0.2, 0.25) is 0 Å². The largest absolute Gasteiger partial charge is 0.456 e. The molecule has 0 saturated carbocycles. The Hall–Kier alpha value is -3.92. The molecular formula is C24H18N2O2. The number of hydrogen-bond acceptors (Lipinski definition) is 3. The Morgan fingerprint density at radius 2 is 1.14 bits per heavy atom. The molecular weight excluding hydrogens is 348 g/mol. The lowest BCUT2D eigenvalue weighted by atomic mass is 10.1. The van der Waals surface area contributed by atoms with E-state index in [1.54, 1.807) is 12.1 Å². The first-order valence-corrected chi connectivity index (χ1v) is 8.95. The SMILES string of the molecule is O=C(NN=c1cc(-c2ccccc2)oc(-c2ccccc2)c1)c1ccccc1. The first-order valence-electron chi connectivity index (χ1n) is 8.95. The number of benzene rings is 3. The summed E-state index contributed by atoms with van der Waals surface area (Å²) in [5, 5.41) is 4.90. The molecule has 1 N–H and O–H groups in total. The number of hydrogen-bond donors (Lipinski definition) is 1. The van der Waals surface area contributed by atoms with Crippen molar-refractivity contribution >= 4 is 5.91 Å². The maximum absolute atomic E-state index is 12.3. The second-order valence-electron chi connectivity index (χ2n) is 6.19. The average molecular weight is 366 g/mol. The summed E-state index contributed by atoms with van der Waals surface area (Å²) in [6.07, 6.45) is 0. The summed E-state index contributed by atoms with van der Waals surface area (Å²) in [4.78, 5) is 12.3. The van der Waals surface area contributed by atoms with Crippen molar-refractivity contribution in [3.63, 3.8) is 0 Å². The molecule has 1 aromatic heterocycles. The Morgan fingerprint density at radius 1 is 0.679 bits per heavy atom. The number of nitrogens with one attached hydrogen (secondary N) is 1. The van der Waals surface area contributed by atoms with Gasteiger partial charge in [0.05, 0.1) is 5.36 Å². The van der Waals surface area contributed by atoms with Crippen LogP contribution in [0.4, 0.5) is 0 Å². The van der Waals surface area contributed by atoms with Gasteiger partial charge in [-0.2, -0.15) is 5.10 Å². The van der Waals surface area contributed by atoms with Crippen molar-refractivity contribution in [1.82, 2.24) is 5.43 Å². The van der Waals surface area contributed by atoms with Gasteiger partial charge in [0.15, 0.2) is 0 Å². The summed E-state index contributed by atoms with van der Waals surface area (Å²) in [7, 11) is 0. The predicted molar refractivity (Wildman–Crippen MR) is 109 cm³/mol. The van der Waals surface area contributed by atoms with Crippen LogP contribution in [0.5, 0.6) is 0 Å². The van der Waals surface area contributed by atoms with E-state index in [1.807, 2.05) is 91.0 Å². The molecule has 136 valence electrons. The first kappa shape index (κ1) is 17.5. The molecule has 4 rings (SSSR count). The molecule has 0 spiro atoms. The molecule has 0 atom stereocenters. The minimum absolute atomic E-state index is 0.260. The molecule has 0 radical (unpaired) electrons. The van der Waals surface area contributed by atoms with Crippen molar-refractivity contribution in [2.75, 3.05) is 0 Å². The lowest BCUT2D eigenvalue weighted by molar-refractivity contribution is 0.0953. The maximum Gasteiger partial charge on any atom is 0.271 e. The Kier molecular flexibility index (Phi) is 5.11. The van der Waals surface area contributed by atoms with E-state index in [0.717, 1.165) is 11.1 Å². The molecule has 0 saturated heterocycles. The quantitative estimate of drug-likeness (QED) is 0.525. The van der Waals surface area contributed by atoms with Crippen molar-refractivity contribution < 1.29 is 9.21 Å². The second-order valence-corrected chi connectivity index (χ2v) is 6.19. The molecule has 0 aliphatic rings. The van der Waals surface area contributed by atoms with Crippen molar-refractivity contribution in [2.45, 2.75) is 0 Å². The minimum Gasteiger partial charge on any atom is -0.456 e. The standard InChI is InChI=1S/C24H18N2O2/c27-24(20-14-8-3-9-15-20)26-25-21-16-22(18-10-4-1-5-11-18)28-23(17-21)19-12-6-2-7-13-19/h1-17H,(H,26,27). The summed E-state index contributed by atoms with van der Waals surface area (Å²) < 4.78 is 6.11. The van der Waals surface area contributed by atoms with Gasteiger partial charge < -0.3 is 4.42 Å². The Bertz CT molecular complexity index is 1070. The fraction of sp³-hybridized carbons (Fsp3) is 0. The summed E-state index contributed by atoms with van der Waals surface area (Å²) in [6, 6.07) is 32.2. The van der Waals surface area contributed by atoms with E-state index in [0.29, 0.717) is 22.4 Å². The Balaban J connectivity index is 1.75. The average Bonchev–Trinajstić information content (AvgIpc) is 2.79. The van der Waals surface area contributed by atoms with E-state index >= 15 is 0 Å². The third-order valence-corrected chi connectivity index (χ3v) is 4.22. The van der Waals surface area contributed by atoms with Gasteiger partial charge in [-0.1, -0.05) is 78.9 Å². The highest BCUT2D eigenvalue weighted by Gasteiger charge is 2.07. The van der Waals surface area contributed by atoms with E-state index in [-0.39, 0.29) is 5.91 Å². The van der Waals surface area contributed by atoms with E-state index in [2.05, 4.69) is 10.5 Å². The molecule has 1 amide bonds. The fourth-order valence-corrected chi connectivity index (χ4v) is 2.81. The molecule has 1 heterocycles. The van der Waals surface area contributed by atoms with Gasteiger partial charge in [0.1, 0.15) is 11.5 Å². The van der Waals surface area contributed by atoms with Gasteiger partial charge in [0.25, 0.3) is 5.91 Å². The lowest BCUT2D eigenvalue weighted by Crippen LogP contribution is -2.21. The van der Waals surface area contributed by atoms with Crippen LogP contribution in [-0.4, -0.2) is 5.91 Å². The number of carbonyl (C=O) groups excluding carboxylic acids is 1. The molecule has 0 bridgehead atoms. The van der Waals surface area contributed by atoms with Crippen molar-refractivity contribution in [3.05, 3.63) is 114 Å². The van der Waals surface area contributed by atoms with Gasteiger partial charge in [-0.3, -0.25) is 4.79 Å². The Morgan fingerprint density at radius 3 is 1.64 bits per heavy atom. The molecule has 4 aromatic rings.